The number of aliphatic hydroxyl groups is 1. The Balaban J connectivity index is 2.27. The molecule has 0 saturated heterocycles. The van der Waals surface area contributed by atoms with Crippen molar-refractivity contribution in [1.29, 1.82) is 0 Å². The summed E-state index contributed by atoms with van der Waals surface area (Å²) in [5.74, 6) is 0.584. The molecule has 0 aromatic heterocycles. The minimum atomic E-state index is -0.143. The molecule has 0 aliphatic rings. The van der Waals surface area contributed by atoms with Crippen LogP contribution in [0.1, 0.15) is 32.3 Å². The van der Waals surface area contributed by atoms with E-state index in [-0.39, 0.29) is 6.10 Å². The predicted molar refractivity (Wildman–Crippen MR) is 60.2 cm³/mol. The molecule has 1 aromatic carbocycles. The lowest BCUT2D eigenvalue weighted by Crippen LogP contribution is -2.11. The van der Waals surface area contributed by atoms with E-state index in [2.05, 4.69) is 26.0 Å². The van der Waals surface area contributed by atoms with E-state index in [1.54, 1.807) is 0 Å². The zero-order valence-electron chi connectivity index (χ0n) is 9.11. The summed E-state index contributed by atoms with van der Waals surface area (Å²) < 4.78 is 0. The van der Waals surface area contributed by atoms with Crippen molar-refractivity contribution in [2.24, 2.45) is 5.92 Å². The molecule has 0 aliphatic carbocycles. The molecule has 1 N–H and O–H groups in total. The van der Waals surface area contributed by atoms with Gasteiger partial charge in [-0.25, -0.2) is 0 Å². The highest BCUT2D eigenvalue weighted by Crippen LogP contribution is 2.11. The Morgan fingerprint density at radius 3 is 2.36 bits per heavy atom. The van der Waals surface area contributed by atoms with Gasteiger partial charge < -0.3 is 5.11 Å². The fourth-order valence-electron chi connectivity index (χ4n) is 1.64. The molecule has 14 heavy (non-hydrogen) atoms. The van der Waals surface area contributed by atoms with Crippen molar-refractivity contribution < 1.29 is 5.11 Å². The number of aryl methyl sites for hydroxylation is 1. The van der Waals surface area contributed by atoms with Crippen molar-refractivity contribution in [3.63, 3.8) is 0 Å². The highest BCUT2D eigenvalue weighted by Gasteiger charge is 2.06. The van der Waals surface area contributed by atoms with Crippen LogP contribution in [0, 0.1) is 5.92 Å². The zero-order chi connectivity index (χ0) is 10.4. The van der Waals surface area contributed by atoms with Gasteiger partial charge in [-0.3, -0.25) is 0 Å². The molecule has 0 aliphatic heterocycles. The Labute approximate surface area is 86.8 Å². The normalized spacial score (nSPS) is 13.1. The van der Waals surface area contributed by atoms with Gasteiger partial charge in [0.2, 0.25) is 0 Å². The molecule has 0 heterocycles. The number of benzene rings is 1. The van der Waals surface area contributed by atoms with Gasteiger partial charge in [-0.15, -0.1) is 0 Å². The Hall–Kier alpha value is -0.820. The third-order valence-corrected chi connectivity index (χ3v) is 2.35. The fraction of sp³-hybridized carbons (Fsp3) is 0.538. The quantitative estimate of drug-likeness (QED) is 0.760. The summed E-state index contributed by atoms with van der Waals surface area (Å²) in [4.78, 5) is 0. The van der Waals surface area contributed by atoms with Gasteiger partial charge >= 0.3 is 0 Å². The zero-order valence-corrected chi connectivity index (χ0v) is 9.11. The van der Waals surface area contributed by atoms with E-state index in [0.29, 0.717) is 5.92 Å². The monoisotopic (exact) mass is 192 g/mol. The first-order valence-corrected chi connectivity index (χ1v) is 5.40. The van der Waals surface area contributed by atoms with Crippen LogP contribution >= 0.6 is 0 Å². The topological polar surface area (TPSA) is 20.2 Å². The fourth-order valence-corrected chi connectivity index (χ4v) is 1.64. The number of hydrogen-bond donors (Lipinski definition) is 1. The molecule has 0 radical (unpaired) electrons. The Morgan fingerprint density at radius 2 is 1.79 bits per heavy atom. The molecule has 1 heteroatoms. The molecule has 0 bridgehead atoms. The SMILES string of the molecule is CC(C)C[C@H](O)CCc1ccccc1. The molecule has 0 spiro atoms. The summed E-state index contributed by atoms with van der Waals surface area (Å²) in [6, 6.07) is 10.3. The molecule has 1 nitrogen and oxygen atoms in total. The van der Waals surface area contributed by atoms with Crippen LogP contribution in [0.2, 0.25) is 0 Å². The molecule has 0 amide bonds. The first kappa shape index (κ1) is 11.3. The van der Waals surface area contributed by atoms with E-state index in [0.717, 1.165) is 19.3 Å². The second-order valence-corrected chi connectivity index (χ2v) is 4.31. The van der Waals surface area contributed by atoms with E-state index in [9.17, 15) is 5.11 Å². The van der Waals surface area contributed by atoms with Crippen molar-refractivity contribution in [3.8, 4) is 0 Å². The van der Waals surface area contributed by atoms with Gasteiger partial charge in [-0.05, 0) is 30.7 Å². The van der Waals surface area contributed by atoms with Gasteiger partial charge in [0.1, 0.15) is 0 Å². The highest BCUT2D eigenvalue weighted by atomic mass is 16.3. The van der Waals surface area contributed by atoms with Gasteiger partial charge in [-0.1, -0.05) is 44.2 Å². The predicted octanol–water partition coefficient (Wildman–Crippen LogP) is 3.03. The Morgan fingerprint density at radius 1 is 1.14 bits per heavy atom. The third-order valence-electron chi connectivity index (χ3n) is 2.35. The van der Waals surface area contributed by atoms with Gasteiger partial charge in [0.15, 0.2) is 0 Å². The van der Waals surface area contributed by atoms with Gasteiger partial charge in [0.25, 0.3) is 0 Å². The van der Waals surface area contributed by atoms with Gasteiger partial charge in [-0.2, -0.15) is 0 Å². The van der Waals surface area contributed by atoms with Gasteiger partial charge in [0.05, 0.1) is 6.10 Å². The molecule has 0 unspecified atom stereocenters. The van der Waals surface area contributed by atoms with E-state index in [1.165, 1.54) is 5.56 Å². The molecule has 1 atom stereocenters. The van der Waals surface area contributed by atoms with Crippen molar-refractivity contribution in [2.75, 3.05) is 0 Å². The van der Waals surface area contributed by atoms with E-state index in [1.807, 2.05) is 18.2 Å². The van der Waals surface area contributed by atoms with Crippen LogP contribution in [-0.2, 0) is 6.42 Å². The third kappa shape index (κ3) is 4.43. The van der Waals surface area contributed by atoms with Crippen molar-refractivity contribution in [3.05, 3.63) is 35.9 Å². The number of rotatable bonds is 5. The summed E-state index contributed by atoms with van der Waals surface area (Å²) >= 11 is 0. The maximum atomic E-state index is 9.68. The summed E-state index contributed by atoms with van der Waals surface area (Å²) in [6.45, 7) is 4.29. The van der Waals surface area contributed by atoms with E-state index >= 15 is 0 Å². The highest BCUT2D eigenvalue weighted by molar-refractivity contribution is 5.14. The summed E-state index contributed by atoms with van der Waals surface area (Å²) in [7, 11) is 0. The van der Waals surface area contributed by atoms with Crippen molar-refractivity contribution >= 4 is 0 Å². The van der Waals surface area contributed by atoms with E-state index in [4.69, 9.17) is 0 Å². The van der Waals surface area contributed by atoms with Crippen molar-refractivity contribution in [1.82, 2.24) is 0 Å². The second kappa shape index (κ2) is 5.82. The number of hydrogen-bond acceptors (Lipinski definition) is 1. The minimum absolute atomic E-state index is 0.143. The van der Waals surface area contributed by atoms with Crippen molar-refractivity contribution in [2.45, 2.75) is 39.2 Å². The lowest BCUT2D eigenvalue weighted by Gasteiger charge is -2.12. The molecular formula is C13H20O. The molecule has 1 aromatic rings. The average molecular weight is 192 g/mol. The molecular weight excluding hydrogens is 172 g/mol. The van der Waals surface area contributed by atoms with Gasteiger partial charge in [0, 0.05) is 0 Å². The molecule has 0 fully saturated rings. The molecule has 1 rings (SSSR count). The summed E-state index contributed by atoms with van der Waals surface area (Å²) in [6.07, 6.45) is 2.62. The first-order chi connectivity index (χ1) is 6.68. The lowest BCUT2D eigenvalue weighted by molar-refractivity contribution is 0.140. The largest absolute Gasteiger partial charge is 0.393 e. The first-order valence-electron chi connectivity index (χ1n) is 5.40. The molecule has 78 valence electrons. The maximum Gasteiger partial charge on any atom is 0.0545 e. The standard InChI is InChI=1S/C13H20O/c1-11(2)10-13(14)9-8-12-6-4-3-5-7-12/h3-7,11,13-14H,8-10H2,1-2H3/t13-/m1/s1. The second-order valence-electron chi connectivity index (χ2n) is 4.31. The van der Waals surface area contributed by atoms with Crippen LogP contribution in [0.3, 0.4) is 0 Å². The van der Waals surface area contributed by atoms with Crippen LogP contribution in [0.25, 0.3) is 0 Å². The van der Waals surface area contributed by atoms with Crippen LogP contribution < -0.4 is 0 Å². The summed E-state index contributed by atoms with van der Waals surface area (Å²) in [5, 5.41) is 9.68. The number of aliphatic hydroxyl groups excluding tert-OH is 1. The average Bonchev–Trinajstić information content (AvgIpc) is 2.15. The van der Waals surface area contributed by atoms with Crippen LogP contribution in [0.15, 0.2) is 30.3 Å². The lowest BCUT2D eigenvalue weighted by atomic mass is 10.00. The molecule has 0 saturated carbocycles. The van der Waals surface area contributed by atoms with Crippen LogP contribution in [0.4, 0.5) is 0 Å². The Kier molecular flexibility index (Phi) is 4.68. The maximum absolute atomic E-state index is 9.68. The Bertz CT molecular complexity index is 241. The van der Waals surface area contributed by atoms with E-state index < -0.39 is 0 Å². The summed E-state index contributed by atoms with van der Waals surface area (Å²) in [5.41, 5.74) is 1.32. The van der Waals surface area contributed by atoms with Crippen LogP contribution in [-0.4, -0.2) is 11.2 Å². The minimum Gasteiger partial charge on any atom is -0.393 e. The van der Waals surface area contributed by atoms with Crippen LogP contribution in [0.5, 0.6) is 0 Å². The smallest absolute Gasteiger partial charge is 0.0545 e.